The highest BCUT2D eigenvalue weighted by Gasteiger charge is 2.40. The van der Waals surface area contributed by atoms with E-state index in [0.717, 1.165) is 0 Å². The number of fused-ring (bicyclic) bond motifs is 3. The number of nitrogens with two attached hydrogens (primary N) is 1. The van der Waals surface area contributed by atoms with Gasteiger partial charge in [0.25, 0.3) is 0 Å². The monoisotopic (exact) mass is 265 g/mol. The van der Waals surface area contributed by atoms with Crippen LogP contribution in [0.2, 0.25) is 0 Å². The van der Waals surface area contributed by atoms with Crippen molar-refractivity contribution < 1.29 is 0 Å². The molecule has 0 saturated carbocycles. The molecule has 1 nitrogen and oxygen atoms in total. The summed E-state index contributed by atoms with van der Waals surface area (Å²) in [6.07, 6.45) is 1.25. The minimum absolute atomic E-state index is 0.257. The van der Waals surface area contributed by atoms with Crippen molar-refractivity contribution in [2.75, 3.05) is 0 Å². The van der Waals surface area contributed by atoms with Crippen LogP contribution in [-0.2, 0) is 5.41 Å². The number of hydrogen-bond acceptors (Lipinski definition) is 1. The highest BCUT2D eigenvalue weighted by molar-refractivity contribution is 5.82. The fraction of sp³-hybridized carbons (Fsp3) is 0.263. The molecule has 104 valence electrons. The Morgan fingerprint density at radius 2 is 1.30 bits per heavy atom. The Kier molecular flexibility index (Phi) is 3.99. The Morgan fingerprint density at radius 3 is 1.65 bits per heavy atom. The third kappa shape index (κ3) is 2.03. The van der Waals surface area contributed by atoms with E-state index in [1.54, 1.807) is 0 Å². The van der Waals surface area contributed by atoms with Gasteiger partial charge < -0.3 is 5.73 Å². The number of allylic oxidation sites excluding steroid dienone is 1. The molecular formula is C19H23N. The van der Waals surface area contributed by atoms with Gasteiger partial charge in [0.2, 0.25) is 0 Å². The summed E-state index contributed by atoms with van der Waals surface area (Å²) in [5, 5.41) is 0. The molecule has 0 heterocycles. The van der Waals surface area contributed by atoms with Crippen LogP contribution in [0.4, 0.5) is 0 Å². The standard InChI is InChI=1S/C16H15N.C3H8/c1-11(17)16(2)14-9-5-3-7-12(14)13-8-4-6-10-15(13)16;1-3-2/h3-10H,1,17H2,2H3;3H2,1-2H3. The lowest BCUT2D eigenvalue weighted by atomic mass is 9.78. The molecule has 0 aromatic heterocycles. The van der Waals surface area contributed by atoms with Crippen molar-refractivity contribution in [2.45, 2.75) is 32.6 Å². The number of benzene rings is 2. The van der Waals surface area contributed by atoms with Gasteiger partial charge in [-0.2, -0.15) is 0 Å². The Bertz CT molecular complexity index is 580. The van der Waals surface area contributed by atoms with E-state index in [0.29, 0.717) is 5.70 Å². The molecule has 20 heavy (non-hydrogen) atoms. The van der Waals surface area contributed by atoms with Crippen molar-refractivity contribution in [3.63, 3.8) is 0 Å². The number of rotatable bonds is 1. The molecule has 0 amide bonds. The minimum atomic E-state index is -0.257. The zero-order valence-corrected chi connectivity index (χ0v) is 12.6. The second-order valence-corrected chi connectivity index (χ2v) is 5.45. The molecule has 1 heteroatoms. The predicted octanol–water partition coefficient (Wildman–Crippen LogP) is 4.86. The average molecular weight is 265 g/mol. The molecule has 0 aliphatic heterocycles. The van der Waals surface area contributed by atoms with Gasteiger partial charge in [0.05, 0.1) is 5.41 Å². The van der Waals surface area contributed by atoms with Gasteiger partial charge in [0.1, 0.15) is 0 Å². The summed E-state index contributed by atoms with van der Waals surface area (Å²) in [5.41, 5.74) is 11.6. The third-order valence-corrected chi connectivity index (χ3v) is 3.86. The van der Waals surface area contributed by atoms with Crippen LogP contribution >= 0.6 is 0 Å². The SMILES string of the molecule is C=C(N)C1(C)c2ccccc2-c2ccccc21.CCC. The van der Waals surface area contributed by atoms with Crippen molar-refractivity contribution in [2.24, 2.45) is 5.73 Å². The van der Waals surface area contributed by atoms with Crippen molar-refractivity contribution in [3.8, 4) is 11.1 Å². The summed E-state index contributed by atoms with van der Waals surface area (Å²) in [4.78, 5) is 0. The molecule has 0 saturated heterocycles. The molecule has 2 aromatic carbocycles. The largest absolute Gasteiger partial charge is 0.402 e. The van der Waals surface area contributed by atoms with Crippen molar-refractivity contribution >= 4 is 0 Å². The minimum Gasteiger partial charge on any atom is -0.402 e. The first-order chi connectivity index (χ1) is 9.57. The molecule has 2 N–H and O–H groups in total. The van der Waals surface area contributed by atoms with Gasteiger partial charge in [-0.05, 0) is 29.2 Å². The van der Waals surface area contributed by atoms with Gasteiger partial charge in [-0.15, -0.1) is 0 Å². The Hall–Kier alpha value is -2.02. The highest BCUT2D eigenvalue weighted by atomic mass is 14.6. The highest BCUT2D eigenvalue weighted by Crippen LogP contribution is 2.50. The van der Waals surface area contributed by atoms with Gasteiger partial charge >= 0.3 is 0 Å². The summed E-state index contributed by atoms with van der Waals surface area (Å²) >= 11 is 0. The lowest BCUT2D eigenvalue weighted by molar-refractivity contribution is 0.687. The van der Waals surface area contributed by atoms with E-state index in [-0.39, 0.29) is 5.41 Å². The Labute approximate surface area is 122 Å². The first kappa shape index (κ1) is 14.4. The van der Waals surface area contributed by atoms with Crippen LogP contribution in [0.5, 0.6) is 0 Å². The molecule has 3 rings (SSSR count). The van der Waals surface area contributed by atoms with E-state index in [9.17, 15) is 0 Å². The third-order valence-electron chi connectivity index (χ3n) is 3.86. The van der Waals surface area contributed by atoms with Gasteiger partial charge in [-0.25, -0.2) is 0 Å². The predicted molar refractivity (Wildman–Crippen MR) is 87.6 cm³/mol. The first-order valence-electron chi connectivity index (χ1n) is 7.21. The van der Waals surface area contributed by atoms with Crippen LogP contribution in [0.1, 0.15) is 38.3 Å². The van der Waals surface area contributed by atoms with Gasteiger partial charge in [-0.3, -0.25) is 0 Å². The normalized spacial score (nSPS) is 13.8. The van der Waals surface area contributed by atoms with Gasteiger partial charge in [-0.1, -0.05) is 75.4 Å². The number of hydrogen-bond donors (Lipinski definition) is 1. The molecule has 0 atom stereocenters. The van der Waals surface area contributed by atoms with Crippen molar-refractivity contribution in [1.82, 2.24) is 0 Å². The van der Waals surface area contributed by atoms with E-state index < -0.39 is 0 Å². The summed E-state index contributed by atoms with van der Waals surface area (Å²) < 4.78 is 0. The summed E-state index contributed by atoms with van der Waals surface area (Å²) in [6, 6.07) is 16.9. The first-order valence-corrected chi connectivity index (χ1v) is 7.21. The molecule has 0 radical (unpaired) electrons. The zero-order valence-electron chi connectivity index (χ0n) is 12.6. The molecule has 1 aliphatic rings. The molecule has 0 spiro atoms. The van der Waals surface area contributed by atoms with Crippen LogP contribution in [0, 0.1) is 0 Å². The summed E-state index contributed by atoms with van der Waals surface area (Å²) in [7, 11) is 0. The molecule has 0 bridgehead atoms. The van der Waals surface area contributed by atoms with Crippen LogP contribution < -0.4 is 5.73 Å². The van der Waals surface area contributed by atoms with Crippen LogP contribution in [0.25, 0.3) is 11.1 Å². The maximum absolute atomic E-state index is 6.07. The fourth-order valence-electron chi connectivity index (χ4n) is 2.80. The second-order valence-electron chi connectivity index (χ2n) is 5.45. The average Bonchev–Trinajstić information content (AvgIpc) is 2.72. The zero-order chi connectivity index (χ0) is 14.8. The molecular weight excluding hydrogens is 242 g/mol. The van der Waals surface area contributed by atoms with Crippen LogP contribution in [0.3, 0.4) is 0 Å². The van der Waals surface area contributed by atoms with E-state index in [2.05, 4.69) is 75.9 Å². The quantitative estimate of drug-likeness (QED) is 0.782. The van der Waals surface area contributed by atoms with E-state index in [4.69, 9.17) is 5.73 Å². The van der Waals surface area contributed by atoms with Crippen LogP contribution in [-0.4, -0.2) is 0 Å². The Morgan fingerprint density at radius 1 is 0.950 bits per heavy atom. The van der Waals surface area contributed by atoms with E-state index in [1.807, 2.05) is 0 Å². The van der Waals surface area contributed by atoms with Crippen LogP contribution in [0.15, 0.2) is 60.8 Å². The molecule has 0 unspecified atom stereocenters. The molecule has 1 aliphatic carbocycles. The van der Waals surface area contributed by atoms with Gasteiger partial charge in [0.15, 0.2) is 0 Å². The van der Waals surface area contributed by atoms with E-state index >= 15 is 0 Å². The summed E-state index contributed by atoms with van der Waals surface area (Å²) in [6.45, 7) is 10.4. The maximum Gasteiger partial charge on any atom is 0.0574 e. The summed E-state index contributed by atoms with van der Waals surface area (Å²) in [5.74, 6) is 0. The van der Waals surface area contributed by atoms with Crippen molar-refractivity contribution in [1.29, 1.82) is 0 Å². The molecule has 0 fully saturated rings. The smallest absolute Gasteiger partial charge is 0.0574 e. The lowest BCUT2D eigenvalue weighted by Crippen LogP contribution is -2.27. The van der Waals surface area contributed by atoms with Gasteiger partial charge in [0, 0.05) is 5.70 Å². The molecule has 2 aromatic rings. The maximum atomic E-state index is 6.07. The topological polar surface area (TPSA) is 26.0 Å². The lowest BCUT2D eigenvalue weighted by Gasteiger charge is -2.27. The fourth-order valence-corrected chi connectivity index (χ4v) is 2.80. The Balaban J connectivity index is 0.000000452. The van der Waals surface area contributed by atoms with Crippen molar-refractivity contribution in [3.05, 3.63) is 71.9 Å². The second kappa shape index (κ2) is 5.54. The van der Waals surface area contributed by atoms with E-state index in [1.165, 1.54) is 28.7 Å².